The predicted octanol–water partition coefficient (Wildman–Crippen LogP) is 4.58. The maximum atomic E-state index is 5.47. The first kappa shape index (κ1) is 17.1. The van der Waals surface area contributed by atoms with Gasteiger partial charge in [-0.3, -0.25) is 0 Å². The highest BCUT2D eigenvalue weighted by atomic mass is 79.9. The van der Waals surface area contributed by atoms with E-state index in [0.29, 0.717) is 6.04 Å². The van der Waals surface area contributed by atoms with Crippen molar-refractivity contribution in [2.24, 2.45) is 0 Å². The summed E-state index contributed by atoms with van der Waals surface area (Å²) in [6.07, 6.45) is 2.24. The van der Waals surface area contributed by atoms with Gasteiger partial charge in [0.1, 0.15) is 5.75 Å². The largest absolute Gasteiger partial charge is 0.495 e. The molecule has 1 aliphatic rings. The average molecular weight is 420 g/mol. The average Bonchev–Trinajstić information content (AvgIpc) is 2.47. The van der Waals surface area contributed by atoms with Crippen LogP contribution in [-0.2, 0) is 0 Å². The fraction of sp³-hybridized carbons (Fsp3) is 0.625. The summed E-state index contributed by atoms with van der Waals surface area (Å²) in [5.74, 6) is 0.875. The molecule has 0 amide bonds. The van der Waals surface area contributed by atoms with Gasteiger partial charge in [-0.15, -0.1) is 0 Å². The van der Waals surface area contributed by atoms with Crippen molar-refractivity contribution >= 4 is 37.5 Å². The third kappa shape index (κ3) is 3.57. The normalized spacial score (nSPS) is 26.0. The van der Waals surface area contributed by atoms with Crippen LogP contribution in [0, 0.1) is 0 Å². The Kier molecular flexibility index (Phi) is 5.60. The van der Waals surface area contributed by atoms with Crippen LogP contribution in [0.4, 0.5) is 5.69 Å². The van der Waals surface area contributed by atoms with E-state index >= 15 is 0 Å². The Balaban J connectivity index is 2.41. The van der Waals surface area contributed by atoms with E-state index in [-0.39, 0.29) is 5.54 Å². The van der Waals surface area contributed by atoms with E-state index in [1.165, 1.54) is 5.69 Å². The molecule has 0 aromatic heterocycles. The van der Waals surface area contributed by atoms with Crippen LogP contribution < -0.4 is 15.0 Å². The molecule has 2 rings (SSSR count). The van der Waals surface area contributed by atoms with Crippen molar-refractivity contribution in [2.75, 3.05) is 25.1 Å². The van der Waals surface area contributed by atoms with Crippen molar-refractivity contribution in [3.05, 3.63) is 21.1 Å². The van der Waals surface area contributed by atoms with Gasteiger partial charge in [-0.05, 0) is 57.7 Å². The highest BCUT2D eigenvalue weighted by Crippen LogP contribution is 2.39. The van der Waals surface area contributed by atoms with Crippen LogP contribution in [0.15, 0.2) is 21.1 Å². The molecule has 2 unspecified atom stereocenters. The van der Waals surface area contributed by atoms with Crippen molar-refractivity contribution in [2.45, 2.75) is 45.2 Å². The highest BCUT2D eigenvalue weighted by Gasteiger charge is 2.34. The van der Waals surface area contributed by atoms with E-state index < -0.39 is 0 Å². The summed E-state index contributed by atoms with van der Waals surface area (Å²) in [6.45, 7) is 8.82. The summed E-state index contributed by atoms with van der Waals surface area (Å²) >= 11 is 7.26. The molecular formula is C16H24Br2N2O. The van der Waals surface area contributed by atoms with Gasteiger partial charge in [0, 0.05) is 35.2 Å². The molecule has 1 N–H and O–H groups in total. The SMILES string of the molecule is CCC1CNC(C)(CC)CN1c1cc(OC)c(Br)cc1Br. The van der Waals surface area contributed by atoms with E-state index in [1.807, 2.05) is 0 Å². The van der Waals surface area contributed by atoms with E-state index in [1.54, 1.807) is 7.11 Å². The fourth-order valence-electron chi connectivity index (χ4n) is 2.81. The van der Waals surface area contributed by atoms with Gasteiger partial charge in [0.15, 0.2) is 0 Å². The third-order valence-electron chi connectivity index (χ3n) is 4.51. The standard InChI is InChI=1S/C16H24Br2N2O/c1-5-11-9-19-16(3,6-2)10-20(11)14-8-15(21-4)13(18)7-12(14)17/h7-8,11,19H,5-6,9-10H2,1-4H3. The van der Waals surface area contributed by atoms with Crippen molar-refractivity contribution in [3.63, 3.8) is 0 Å². The number of hydrogen-bond donors (Lipinski definition) is 1. The lowest BCUT2D eigenvalue weighted by molar-refractivity contribution is 0.275. The van der Waals surface area contributed by atoms with E-state index in [2.05, 4.69) is 75.0 Å². The maximum absolute atomic E-state index is 5.47. The second-order valence-electron chi connectivity index (χ2n) is 5.92. The van der Waals surface area contributed by atoms with E-state index in [4.69, 9.17) is 4.74 Å². The predicted molar refractivity (Wildman–Crippen MR) is 96.5 cm³/mol. The van der Waals surface area contributed by atoms with E-state index in [0.717, 1.165) is 40.6 Å². The summed E-state index contributed by atoms with van der Waals surface area (Å²) in [5, 5.41) is 3.71. The summed E-state index contributed by atoms with van der Waals surface area (Å²) < 4.78 is 7.55. The van der Waals surface area contributed by atoms with Gasteiger partial charge in [0.25, 0.3) is 0 Å². The molecule has 1 aromatic rings. The zero-order valence-electron chi connectivity index (χ0n) is 13.2. The lowest BCUT2D eigenvalue weighted by atomic mass is 9.92. The second kappa shape index (κ2) is 6.88. The number of piperazine rings is 1. The van der Waals surface area contributed by atoms with Crippen LogP contribution in [0.3, 0.4) is 0 Å². The van der Waals surface area contributed by atoms with Crippen molar-refractivity contribution < 1.29 is 4.74 Å². The minimum absolute atomic E-state index is 0.158. The van der Waals surface area contributed by atoms with Gasteiger partial charge in [-0.1, -0.05) is 13.8 Å². The Hall–Kier alpha value is -0.260. The molecule has 1 aromatic carbocycles. The van der Waals surface area contributed by atoms with Crippen LogP contribution in [0.25, 0.3) is 0 Å². The van der Waals surface area contributed by atoms with Crippen molar-refractivity contribution in [1.82, 2.24) is 5.32 Å². The first-order valence-electron chi connectivity index (χ1n) is 7.48. The number of methoxy groups -OCH3 is 1. The Morgan fingerprint density at radius 1 is 1.33 bits per heavy atom. The number of nitrogens with one attached hydrogen (secondary N) is 1. The van der Waals surface area contributed by atoms with Gasteiger partial charge in [-0.2, -0.15) is 0 Å². The molecule has 5 heteroatoms. The topological polar surface area (TPSA) is 24.5 Å². The molecule has 21 heavy (non-hydrogen) atoms. The van der Waals surface area contributed by atoms with Crippen molar-refractivity contribution in [3.8, 4) is 5.75 Å². The van der Waals surface area contributed by atoms with Crippen LogP contribution in [-0.4, -0.2) is 31.8 Å². The molecule has 1 saturated heterocycles. The Morgan fingerprint density at radius 3 is 2.62 bits per heavy atom. The second-order valence-corrected chi connectivity index (χ2v) is 7.63. The molecule has 0 spiro atoms. The minimum atomic E-state index is 0.158. The summed E-state index contributed by atoms with van der Waals surface area (Å²) in [5.41, 5.74) is 1.37. The van der Waals surface area contributed by atoms with Crippen LogP contribution >= 0.6 is 31.9 Å². The zero-order chi connectivity index (χ0) is 15.6. The van der Waals surface area contributed by atoms with Crippen molar-refractivity contribution in [1.29, 1.82) is 0 Å². The number of hydrogen-bond acceptors (Lipinski definition) is 3. The molecular weight excluding hydrogens is 396 g/mol. The lowest BCUT2D eigenvalue weighted by Crippen LogP contribution is -2.62. The lowest BCUT2D eigenvalue weighted by Gasteiger charge is -2.47. The van der Waals surface area contributed by atoms with Gasteiger partial charge in [-0.25, -0.2) is 0 Å². The maximum Gasteiger partial charge on any atom is 0.135 e. The number of rotatable bonds is 4. The number of benzene rings is 1. The molecule has 0 saturated carbocycles. The van der Waals surface area contributed by atoms with Crippen LogP contribution in [0.5, 0.6) is 5.75 Å². The molecule has 3 nitrogen and oxygen atoms in total. The molecule has 1 fully saturated rings. The molecule has 0 radical (unpaired) electrons. The molecule has 0 aliphatic carbocycles. The monoisotopic (exact) mass is 418 g/mol. The number of ether oxygens (including phenoxy) is 1. The third-order valence-corrected chi connectivity index (χ3v) is 5.76. The molecule has 1 heterocycles. The first-order chi connectivity index (χ1) is 9.94. The first-order valence-corrected chi connectivity index (χ1v) is 9.07. The van der Waals surface area contributed by atoms with Gasteiger partial charge in [0.2, 0.25) is 0 Å². The summed E-state index contributed by atoms with van der Waals surface area (Å²) in [6, 6.07) is 4.71. The van der Waals surface area contributed by atoms with Gasteiger partial charge >= 0.3 is 0 Å². The summed E-state index contributed by atoms with van der Waals surface area (Å²) in [4.78, 5) is 2.51. The summed E-state index contributed by atoms with van der Waals surface area (Å²) in [7, 11) is 1.71. The van der Waals surface area contributed by atoms with Gasteiger partial charge in [0.05, 0.1) is 17.3 Å². The molecule has 0 bridgehead atoms. The fourth-order valence-corrected chi connectivity index (χ4v) is 4.20. The molecule has 2 atom stereocenters. The van der Waals surface area contributed by atoms with Crippen LogP contribution in [0.1, 0.15) is 33.6 Å². The van der Waals surface area contributed by atoms with Crippen LogP contribution in [0.2, 0.25) is 0 Å². The quantitative estimate of drug-likeness (QED) is 0.772. The number of halogens is 2. The molecule has 118 valence electrons. The molecule has 1 aliphatic heterocycles. The number of nitrogens with zero attached hydrogens (tertiary/aromatic N) is 1. The highest BCUT2D eigenvalue weighted by molar-refractivity contribution is 9.11. The Bertz CT molecular complexity index is 509. The Morgan fingerprint density at radius 2 is 2.05 bits per heavy atom. The smallest absolute Gasteiger partial charge is 0.135 e. The zero-order valence-corrected chi connectivity index (χ0v) is 16.3. The minimum Gasteiger partial charge on any atom is -0.495 e. The Labute approximate surface area is 144 Å². The number of anilines is 1. The van der Waals surface area contributed by atoms with E-state index in [9.17, 15) is 0 Å². The van der Waals surface area contributed by atoms with Gasteiger partial charge < -0.3 is 15.0 Å².